The average Bonchev–Trinajstić information content (AvgIpc) is 2.89. The molecule has 5 aromatic rings. The third-order valence-corrected chi connectivity index (χ3v) is 5.89. The summed E-state index contributed by atoms with van der Waals surface area (Å²) in [5.41, 5.74) is 8.59. The normalized spacial score (nSPS) is 10.9. The maximum Gasteiger partial charge on any atom is 0.290 e. The van der Waals surface area contributed by atoms with Gasteiger partial charge < -0.3 is 0 Å². The number of rotatable bonds is 4. The van der Waals surface area contributed by atoms with Crippen molar-refractivity contribution in [2.75, 3.05) is 0 Å². The number of amides is 2. The molecule has 0 atom stereocenters. The van der Waals surface area contributed by atoms with Gasteiger partial charge in [0, 0.05) is 10.9 Å². The van der Waals surface area contributed by atoms with E-state index in [-0.39, 0.29) is 17.8 Å². The monoisotopic (exact) mass is 478 g/mol. The second-order valence-electron chi connectivity index (χ2n) is 8.35. The second-order valence-corrected chi connectivity index (χ2v) is 8.35. The first-order valence-corrected chi connectivity index (χ1v) is 11.3. The highest BCUT2D eigenvalue weighted by Gasteiger charge is 2.18. The van der Waals surface area contributed by atoms with Gasteiger partial charge in [-0.25, -0.2) is 14.6 Å². The summed E-state index contributed by atoms with van der Waals surface area (Å²) >= 11 is 0. The summed E-state index contributed by atoms with van der Waals surface area (Å²) in [7, 11) is 0. The molecule has 9 heteroatoms. The standard InChI is InChI=1S/C27H22N6O3/c1-16-17(2)29-23-14-19(12-13-22(23)28-16)25(34)30-31-26(35)24-20-10-6-7-11-21(20)27(36)33(32-24)15-18-8-4-3-5-9-18/h3-14H,15H2,1-2H3,(H,30,34)(H,31,35). The zero-order valence-electron chi connectivity index (χ0n) is 19.6. The van der Waals surface area contributed by atoms with Crippen LogP contribution in [0.4, 0.5) is 0 Å². The van der Waals surface area contributed by atoms with Crippen molar-refractivity contribution in [3.63, 3.8) is 0 Å². The van der Waals surface area contributed by atoms with Gasteiger partial charge in [-0.2, -0.15) is 5.10 Å². The van der Waals surface area contributed by atoms with Crippen LogP contribution in [0.15, 0.2) is 77.6 Å². The number of nitrogens with one attached hydrogen (secondary N) is 2. The number of nitrogens with zero attached hydrogens (tertiary/aromatic N) is 4. The lowest BCUT2D eigenvalue weighted by molar-refractivity contribution is 0.0844. The van der Waals surface area contributed by atoms with E-state index >= 15 is 0 Å². The minimum atomic E-state index is -0.645. The quantitative estimate of drug-likeness (QED) is 0.383. The number of hydrogen-bond donors (Lipinski definition) is 2. The van der Waals surface area contributed by atoms with Gasteiger partial charge >= 0.3 is 0 Å². The third-order valence-electron chi connectivity index (χ3n) is 5.89. The Labute approximate surface area is 205 Å². The Balaban J connectivity index is 1.41. The highest BCUT2D eigenvalue weighted by Crippen LogP contribution is 2.16. The minimum Gasteiger partial charge on any atom is -0.267 e. The fraction of sp³-hybridized carbons (Fsp3) is 0.111. The van der Waals surface area contributed by atoms with Crippen molar-refractivity contribution in [2.45, 2.75) is 20.4 Å². The molecule has 2 N–H and O–H groups in total. The molecule has 0 aliphatic carbocycles. The van der Waals surface area contributed by atoms with E-state index in [2.05, 4.69) is 25.9 Å². The van der Waals surface area contributed by atoms with Crippen molar-refractivity contribution in [1.82, 2.24) is 30.6 Å². The summed E-state index contributed by atoms with van der Waals surface area (Å²) in [5.74, 6) is -1.17. The van der Waals surface area contributed by atoms with Gasteiger partial charge in [0.2, 0.25) is 0 Å². The van der Waals surface area contributed by atoms with Gasteiger partial charge in [-0.05, 0) is 43.7 Å². The van der Waals surface area contributed by atoms with Gasteiger partial charge in [0.05, 0.1) is 34.4 Å². The van der Waals surface area contributed by atoms with Crippen molar-refractivity contribution in [1.29, 1.82) is 0 Å². The number of aromatic nitrogens is 4. The lowest BCUT2D eigenvalue weighted by Crippen LogP contribution is -2.42. The molecule has 0 spiro atoms. The second kappa shape index (κ2) is 9.38. The van der Waals surface area contributed by atoms with Gasteiger partial charge in [0.15, 0.2) is 5.69 Å². The van der Waals surface area contributed by atoms with Crippen molar-refractivity contribution in [3.05, 3.63) is 111 Å². The Hall–Kier alpha value is -4.92. The average molecular weight is 479 g/mol. The zero-order chi connectivity index (χ0) is 25.2. The van der Waals surface area contributed by atoms with Crippen LogP contribution in [0.3, 0.4) is 0 Å². The summed E-state index contributed by atoms with van der Waals surface area (Å²) in [4.78, 5) is 47.8. The lowest BCUT2D eigenvalue weighted by atomic mass is 10.1. The number of fused-ring (bicyclic) bond motifs is 2. The lowest BCUT2D eigenvalue weighted by Gasteiger charge is -2.12. The Morgan fingerprint density at radius 2 is 1.42 bits per heavy atom. The molecular formula is C27H22N6O3. The molecule has 2 amide bonds. The van der Waals surface area contributed by atoms with Gasteiger partial charge in [-0.1, -0.05) is 48.5 Å². The van der Waals surface area contributed by atoms with Gasteiger partial charge in [0.1, 0.15) is 0 Å². The van der Waals surface area contributed by atoms with Crippen LogP contribution in [-0.4, -0.2) is 31.6 Å². The molecule has 0 bridgehead atoms. The summed E-state index contributed by atoms with van der Waals surface area (Å²) in [5, 5.41) is 5.08. The van der Waals surface area contributed by atoms with Crippen LogP contribution in [0.5, 0.6) is 0 Å². The zero-order valence-corrected chi connectivity index (χ0v) is 19.6. The SMILES string of the molecule is Cc1nc2ccc(C(=O)NNC(=O)c3nn(Cc4ccccc4)c(=O)c4ccccc34)cc2nc1C. The molecule has 36 heavy (non-hydrogen) atoms. The predicted octanol–water partition coefficient (Wildman–Crippen LogP) is 3.08. The molecule has 0 radical (unpaired) electrons. The minimum absolute atomic E-state index is 0.0249. The molecule has 0 aliphatic rings. The summed E-state index contributed by atoms with van der Waals surface area (Å²) in [6, 6.07) is 21.1. The van der Waals surface area contributed by atoms with E-state index < -0.39 is 11.8 Å². The van der Waals surface area contributed by atoms with Crippen LogP contribution in [0.2, 0.25) is 0 Å². The molecule has 0 saturated heterocycles. The Kier molecular flexibility index (Phi) is 5.95. The molecule has 3 aromatic carbocycles. The molecule has 2 aromatic heterocycles. The van der Waals surface area contributed by atoms with E-state index in [1.807, 2.05) is 44.2 Å². The number of benzene rings is 3. The summed E-state index contributed by atoms with van der Waals surface area (Å²) < 4.78 is 1.25. The Bertz CT molecular complexity index is 1700. The number of aryl methyl sites for hydroxylation is 2. The van der Waals surface area contributed by atoms with Gasteiger partial charge in [-0.15, -0.1) is 0 Å². The number of carbonyl (C=O) groups is 2. The fourth-order valence-corrected chi connectivity index (χ4v) is 3.88. The first-order chi connectivity index (χ1) is 17.4. The van der Waals surface area contributed by atoms with Crippen LogP contribution in [-0.2, 0) is 6.54 Å². The smallest absolute Gasteiger partial charge is 0.267 e. The number of hydrogen-bond acceptors (Lipinski definition) is 6. The fourth-order valence-electron chi connectivity index (χ4n) is 3.88. The molecule has 178 valence electrons. The summed E-state index contributed by atoms with van der Waals surface area (Å²) in [6.07, 6.45) is 0. The number of hydrazine groups is 1. The molecule has 9 nitrogen and oxygen atoms in total. The maximum absolute atomic E-state index is 13.1. The first kappa shape index (κ1) is 22.9. The molecule has 0 aliphatic heterocycles. The first-order valence-electron chi connectivity index (χ1n) is 11.3. The van der Waals surface area contributed by atoms with Crippen LogP contribution in [0, 0.1) is 13.8 Å². The van der Waals surface area contributed by atoms with Gasteiger partial charge in [0.25, 0.3) is 17.4 Å². The van der Waals surface area contributed by atoms with Crippen molar-refractivity contribution < 1.29 is 9.59 Å². The van der Waals surface area contributed by atoms with E-state index in [1.54, 1.807) is 42.5 Å². The Morgan fingerprint density at radius 1 is 0.778 bits per heavy atom. The largest absolute Gasteiger partial charge is 0.290 e. The van der Waals surface area contributed by atoms with Crippen LogP contribution >= 0.6 is 0 Å². The van der Waals surface area contributed by atoms with Gasteiger partial charge in [-0.3, -0.25) is 25.2 Å². The number of carbonyl (C=O) groups excluding carboxylic acids is 2. The molecule has 0 fully saturated rings. The van der Waals surface area contributed by atoms with E-state index in [1.165, 1.54) is 4.68 Å². The van der Waals surface area contributed by atoms with Crippen molar-refractivity contribution >= 4 is 33.6 Å². The highest BCUT2D eigenvalue weighted by atomic mass is 16.2. The summed E-state index contributed by atoms with van der Waals surface area (Å²) in [6.45, 7) is 3.93. The topological polar surface area (TPSA) is 119 Å². The van der Waals surface area contributed by atoms with Crippen LogP contribution in [0.25, 0.3) is 21.8 Å². The van der Waals surface area contributed by atoms with Crippen LogP contribution < -0.4 is 16.4 Å². The van der Waals surface area contributed by atoms with Crippen molar-refractivity contribution in [3.8, 4) is 0 Å². The van der Waals surface area contributed by atoms with Crippen LogP contribution in [0.1, 0.15) is 37.8 Å². The van der Waals surface area contributed by atoms with E-state index in [9.17, 15) is 14.4 Å². The maximum atomic E-state index is 13.1. The highest BCUT2D eigenvalue weighted by molar-refractivity contribution is 6.06. The third kappa shape index (κ3) is 4.41. The molecule has 2 heterocycles. The Morgan fingerprint density at radius 3 is 2.17 bits per heavy atom. The molecule has 0 unspecified atom stereocenters. The molecular weight excluding hydrogens is 456 g/mol. The molecule has 0 saturated carbocycles. The predicted molar refractivity (Wildman–Crippen MR) is 135 cm³/mol. The van der Waals surface area contributed by atoms with E-state index in [0.29, 0.717) is 27.4 Å². The molecule has 5 rings (SSSR count). The van der Waals surface area contributed by atoms with E-state index in [0.717, 1.165) is 17.0 Å². The van der Waals surface area contributed by atoms with E-state index in [4.69, 9.17) is 0 Å². The van der Waals surface area contributed by atoms with Crippen molar-refractivity contribution in [2.24, 2.45) is 0 Å².